The predicted octanol–water partition coefficient (Wildman–Crippen LogP) is 1.76. The summed E-state index contributed by atoms with van der Waals surface area (Å²) in [6.45, 7) is 6.43. The Kier molecular flexibility index (Phi) is 4.22. The fraction of sp³-hybridized carbons (Fsp3) is 1.00. The van der Waals surface area contributed by atoms with Crippen LogP contribution in [0.1, 0.15) is 45.4 Å². The van der Waals surface area contributed by atoms with Gasteiger partial charge < -0.3 is 10.5 Å². The summed E-state index contributed by atoms with van der Waals surface area (Å²) in [5.74, 6) is 0. The van der Waals surface area contributed by atoms with Crippen LogP contribution in [0.3, 0.4) is 0 Å². The number of likely N-dealkylation sites (tertiary alicyclic amines) is 1. The van der Waals surface area contributed by atoms with E-state index in [0.717, 1.165) is 26.0 Å². The average Bonchev–Trinajstić information content (AvgIpc) is 2.84. The topological polar surface area (TPSA) is 38.5 Å². The lowest BCUT2D eigenvalue weighted by Crippen LogP contribution is -2.57. The maximum Gasteiger partial charge on any atom is 0.0593 e. The quantitative estimate of drug-likeness (QED) is 0.794. The molecule has 0 saturated carbocycles. The third-order valence-electron chi connectivity index (χ3n) is 4.30. The summed E-state index contributed by atoms with van der Waals surface area (Å²) in [5.41, 5.74) is 6.34. The molecule has 2 N–H and O–H groups in total. The summed E-state index contributed by atoms with van der Waals surface area (Å²) in [6, 6.07) is 0. The zero-order valence-corrected chi connectivity index (χ0v) is 10.6. The monoisotopic (exact) mass is 226 g/mol. The summed E-state index contributed by atoms with van der Waals surface area (Å²) in [5, 5.41) is 0. The normalized spacial score (nSPS) is 36.8. The smallest absolute Gasteiger partial charge is 0.0593 e. The summed E-state index contributed by atoms with van der Waals surface area (Å²) in [4.78, 5) is 2.64. The lowest BCUT2D eigenvalue weighted by atomic mass is 9.84. The van der Waals surface area contributed by atoms with E-state index in [0.29, 0.717) is 6.10 Å². The van der Waals surface area contributed by atoms with Crippen molar-refractivity contribution < 1.29 is 4.74 Å². The number of hydrogen-bond donors (Lipinski definition) is 1. The maximum atomic E-state index is 6.08. The fourth-order valence-electron chi connectivity index (χ4n) is 3.30. The minimum Gasteiger partial charge on any atom is -0.378 e. The molecule has 2 aliphatic heterocycles. The van der Waals surface area contributed by atoms with Gasteiger partial charge in [-0.3, -0.25) is 4.90 Å². The van der Waals surface area contributed by atoms with Crippen LogP contribution < -0.4 is 5.73 Å². The molecule has 2 heterocycles. The first-order chi connectivity index (χ1) is 7.80. The molecule has 2 unspecified atom stereocenters. The molecule has 0 aliphatic carbocycles. The van der Waals surface area contributed by atoms with Gasteiger partial charge in [0.05, 0.1) is 6.10 Å². The Morgan fingerprint density at radius 1 is 1.38 bits per heavy atom. The highest BCUT2D eigenvalue weighted by Crippen LogP contribution is 2.34. The van der Waals surface area contributed by atoms with Crippen LogP contribution in [0.2, 0.25) is 0 Å². The van der Waals surface area contributed by atoms with Crippen LogP contribution in [0, 0.1) is 0 Å². The van der Waals surface area contributed by atoms with E-state index in [-0.39, 0.29) is 5.54 Å². The number of rotatable bonds is 4. The maximum absolute atomic E-state index is 6.08. The van der Waals surface area contributed by atoms with E-state index in [1.54, 1.807) is 0 Å². The summed E-state index contributed by atoms with van der Waals surface area (Å²) >= 11 is 0. The number of ether oxygens (including phenoxy) is 1. The first kappa shape index (κ1) is 12.3. The van der Waals surface area contributed by atoms with Crippen LogP contribution in [0.4, 0.5) is 0 Å². The molecule has 3 nitrogen and oxygen atoms in total. The number of hydrogen-bond acceptors (Lipinski definition) is 3. The molecule has 0 spiro atoms. The van der Waals surface area contributed by atoms with Crippen LogP contribution in [0.5, 0.6) is 0 Å². The van der Waals surface area contributed by atoms with Gasteiger partial charge in [0.1, 0.15) is 0 Å². The lowest BCUT2D eigenvalue weighted by Gasteiger charge is -2.46. The number of nitrogens with zero attached hydrogens (tertiary/aromatic N) is 1. The molecule has 0 amide bonds. The van der Waals surface area contributed by atoms with Gasteiger partial charge in [-0.05, 0) is 45.2 Å². The Morgan fingerprint density at radius 3 is 2.75 bits per heavy atom. The van der Waals surface area contributed by atoms with E-state index in [2.05, 4.69) is 11.8 Å². The average molecular weight is 226 g/mol. The minimum absolute atomic E-state index is 0.259. The van der Waals surface area contributed by atoms with Crippen LogP contribution >= 0.6 is 0 Å². The van der Waals surface area contributed by atoms with Crippen molar-refractivity contribution in [1.82, 2.24) is 4.90 Å². The molecule has 0 bridgehead atoms. The number of nitrogens with two attached hydrogens (primary N) is 1. The van der Waals surface area contributed by atoms with Crippen molar-refractivity contribution in [2.24, 2.45) is 5.73 Å². The van der Waals surface area contributed by atoms with Gasteiger partial charge in [0.15, 0.2) is 0 Å². The summed E-state index contributed by atoms with van der Waals surface area (Å²) in [6.07, 6.45) is 7.83. The van der Waals surface area contributed by atoms with E-state index in [4.69, 9.17) is 10.5 Å². The molecule has 3 heteroatoms. The van der Waals surface area contributed by atoms with Crippen LogP contribution in [0.25, 0.3) is 0 Å². The van der Waals surface area contributed by atoms with E-state index in [9.17, 15) is 0 Å². The van der Waals surface area contributed by atoms with Gasteiger partial charge in [-0.1, -0.05) is 13.3 Å². The molecule has 0 radical (unpaired) electrons. The molecule has 94 valence electrons. The van der Waals surface area contributed by atoms with Crippen LogP contribution in [-0.4, -0.2) is 42.8 Å². The van der Waals surface area contributed by atoms with Gasteiger partial charge in [0, 0.05) is 18.7 Å². The molecular formula is C13H26N2O. The van der Waals surface area contributed by atoms with Crippen molar-refractivity contribution in [3.63, 3.8) is 0 Å². The van der Waals surface area contributed by atoms with Crippen molar-refractivity contribution in [2.45, 2.75) is 57.1 Å². The molecular weight excluding hydrogens is 200 g/mol. The van der Waals surface area contributed by atoms with Crippen LogP contribution in [-0.2, 0) is 4.74 Å². The molecule has 0 aromatic rings. The van der Waals surface area contributed by atoms with Crippen molar-refractivity contribution in [2.75, 3.05) is 26.2 Å². The molecule has 16 heavy (non-hydrogen) atoms. The second-order valence-electron chi connectivity index (χ2n) is 5.36. The van der Waals surface area contributed by atoms with Gasteiger partial charge in [-0.15, -0.1) is 0 Å². The highest BCUT2D eigenvalue weighted by molar-refractivity contribution is 4.97. The van der Waals surface area contributed by atoms with E-state index >= 15 is 0 Å². The van der Waals surface area contributed by atoms with Gasteiger partial charge in [-0.25, -0.2) is 0 Å². The summed E-state index contributed by atoms with van der Waals surface area (Å²) < 4.78 is 5.85. The largest absolute Gasteiger partial charge is 0.378 e. The van der Waals surface area contributed by atoms with Crippen molar-refractivity contribution in [3.05, 3.63) is 0 Å². The molecule has 2 rings (SSSR count). The molecule has 0 aromatic carbocycles. The third-order valence-corrected chi connectivity index (χ3v) is 4.30. The first-order valence-corrected chi connectivity index (χ1v) is 6.87. The second-order valence-corrected chi connectivity index (χ2v) is 5.36. The molecule has 2 saturated heterocycles. The van der Waals surface area contributed by atoms with Crippen molar-refractivity contribution in [3.8, 4) is 0 Å². The highest BCUT2D eigenvalue weighted by atomic mass is 16.5. The first-order valence-electron chi connectivity index (χ1n) is 6.87. The Hall–Kier alpha value is -0.120. The third kappa shape index (κ3) is 2.41. The molecule has 0 aromatic heterocycles. The van der Waals surface area contributed by atoms with Crippen LogP contribution in [0.15, 0.2) is 0 Å². The zero-order valence-electron chi connectivity index (χ0n) is 10.6. The highest BCUT2D eigenvalue weighted by Gasteiger charge is 2.41. The van der Waals surface area contributed by atoms with Gasteiger partial charge in [0.2, 0.25) is 0 Å². The standard InChI is InChI=1S/C13H26N2O/c1-2-5-12-10-13(11-14,6-9-16-12)15-7-3-4-8-15/h12H,2-11,14H2,1H3. The SMILES string of the molecule is CCCC1CC(CN)(N2CCCC2)CCO1. The Balaban J connectivity index is 2.01. The molecule has 2 atom stereocenters. The molecule has 2 fully saturated rings. The fourth-order valence-corrected chi connectivity index (χ4v) is 3.30. The van der Waals surface area contributed by atoms with Gasteiger partial charge in [0.25, 0.3) is 0 Å². The van der Waals surface area contributed by atoms with E-state index in [1.165, 1.54) is 38.8 Å². The Labute approximate surface area is 99.3 Å². The predicted molar refractivity (Wildman–Crippen MR) is 66.5 cm³/mol. The molecule has 2 aliphatic rings. The Bertz CT molecular complexity index is 214. The van der Waals surface area contributed by atoms with Crippen molar-refractivity contribution in [1.29, 1.82) is 0 Å². The lowest BCUT2D eigenvalue weighted by molar-refractivity contribution is -0.0676. The van der Waals surface area contributed by atoms with E-state index in [1.807, 2.05) is 0 Å². The van der Waals surface area contributed by atoms with E-state index < -0.39 is 0 Å². The Morgan fingerprint density at radius 2 is 2.12 bits per heavy atom. The zero-order chi connectivity index (χ0) is 11.4. The van der Waals surface area contributed by atoms with Gasteiger partial charge in [-0.2, -0.15) is 0 Å². The summed E-state index contributed by atoms with van der Waals surface area (Å²) in [7, 11) is 0. The van der Waals surface area contributed by atoms with Crippen molar-refractivity contribution >= 4 is 0 Å². The minimum atomic E-state index is 0.259. The second kappa shape index (κ2) is 5.48. The van der Waals surface area contributed by atoms with Gasteiger partial charge >= 0.3 is 0 Å².